The van der Waals surface area contributed by atoms with Crippen LogP contribution in [0, 0.1) is 0 Å². The third-order valence-corrected chi connectivity index (χ3v) is 4.06. The molecule has 0 fully saturated rings. The Morgan fingerprint density at radius 2 is 1.88 bits per heavy atom. The lowest BCUT2D eigenvalue weighted by Crippen LogP contribution is -2.09. The quantitative estimate of drug-likeness (QED) is 0.497. The Morgan fingerprint density at radius 3 is 2.58 bits per heavy atom. The second-order valence-electron chi connectivity index (χ2n) is 5.40. The van der Waals surface area contributed by atoms with Crippen molar-refractivity contribution in [1.29, 1.82) is 0 Å². The number of halogens is 6. The van der Waals surface area contributed by atoms with Crippen molar-refractivity contribution in [2.45, 2.75) is 12.6 Å². The number of nitrogens with one attached hydrogen (secondary N) is 1. The summed E-state index contributed by atoms with van der Waals surface area (Å²) in [6.07, 6.45) is -6.33. The zero-order valence-corrected chi connectivity index (χ0v) is 13.3. The van der Waals surface area contributed by atoms with Gasteiger partial charge in [-0.25, -0.2) is 18.7 Å². The SMILES string of the molecule is FC(F)c1nc2ccc(C(F)(F)F)nc2n1-c1cc(Cl)c2[nH]ncc2c1. The molecule has 1 aromatic carbocycles. The zero-order chi connectivity index (χ0) is 18.6. The normalized spacial score (nSPS) is 12.6. The van der Waals surface area contributed by atoms with Gasteiger partial charge in [-0.2, -0.15) is 18.3 Å². The highest BCUT2D eigenvalue weighted by atomic mass is 35.5. The fourth-order valence-corrected chi connectivity index (χ4v) is 2.93. The summed E-state index contributed by atoms with van der Waals surface area (Å²) in [6, 6.07) is 4.49. The predicted octanol–water partition coefficient (Wildman–Crippen LogP) is 4.91. The van der Waals surface area contributed by atoms with Gasteiger partial charge in [0.25, 0.3) is 6.43 Å². The Balaban J connectivity index is 2.06. The average Bonchev–Trinajstić information content (AvgIpc) is 3.17. The van der Waals surface area contributed by atoms with Gasteiger partial charge in [-0.1, -0.05) is 11.6 Å². The minimum absolute atomic E-state index is 0.0864. The molecule has 0 amide bonds. The van der Waals surface area contributed by atoms with Gasteiger partial charge in [0.2, 0.25) is 0 Å². The van der Waals surface area contributed by atoms with Crippen molar-refractivity contribution < 1.29 is 22.0 Å². The van der Waals surface area contributed by atoms with Crippen LogP contribution in [0.3, 0.4) is 0 Å². The van der Waals surface area contributed by atoms with Crippen LogP contribution in [0.5, 0.6) is 0 Å². The average molecular weight is 388 g/mol. The summed E-state index contributed by atoms with van der Waals surface area (Å²) in [7, 11) is 0. The molecule has 0 aliphatic carbocycles. The van der Waals surface area contributed by atoms with E-state index in [9.17, 15) is 22.0 Å². The lowest BCUT2D eigenvalue weighted by Gasteiger charge is -2.10. The van der Waals surface area contributed by atoms with Gasteiger partial charge in [0, 0.05) is 5.39 Å². The first-order chi connectivity index (χ1) is 12.3. The first kappa shape index (κ1) is 16.7. The van der Waals surface area contributed by atoms with E-state index in [0.717, 1.165) is 10.6 Å². The van der Waals surface area contributed by atoms with Crippen LogP contribution < -0.4 is 0 Å². The number of rotatable bonds is 2. The van der Waals surface area contributed by atoms with E-state index in [0.29, 0.717) is 17.0 Å². The van der Waals surface area contributed by atoms with Crippen LogP contribution in [-0.4, -0.2) is 24.7 Å². The van der Waals surface area contributed by atoms with Gasteiger partial charge in [-0.15, -0.1) is 0 Å². The topological polar surface area (TPSA) is 59.4 Å². The standard InChI is InChI=1S/C15H7ClF5N5/c16-8-4-7(3-6-5-22-25-11(6)8)26-13-9(23-14(26)12(17)18)1-2-10(24-13)15(19,20)21/h1-5,12H,(H,22,25). The Morgan fingerprint density at radius 1 is 1.12 bits per heavy atom. The summed E-state index contributed by atoms with van der Waals surface area (Å²) >= 11 is 6.11. The van der Waals surface area contributed by atoms with E-state index in [2.05, 4.69) is 20.2 Å². The summed E-state index contributed by atoms with van der Waals surface area (Å²) < 4.78 is 66.7. The van der Waals surface area contributed by atoms with Gasteiger partial charge in [-0.3, -0.25) is 9.67 Å². The number of aromatic nitrogens is 5. The summed E-state index contributed by atoms with van der Waals surface area (Å²) in [5.41, 5.74) is -1.05. The van der Waals surface area contributed by atoms with E-state index in [1.54, 1.807) is 0 Å². The van der Waals surface area contributed by atoms with Crippen LogP contribution in [-0.2, 0) is 6.18 Å². The van der Waals surface area contributed by atoms with Crippen molar-refractivity contribution in [1.82, 2.24) is 24.7 Å². The van der Waals surface area contributed by atoms with E-state index >= 15 is 0 Å². The van der Waals surface area contributed by atoms with Crippen LogP contribution in [0.15, 0.2) is 30.5 Å². The van der Waals surface area contributed by atoms with Gasteiger partial charge < -0.3 is 0 Å². The largest absolute Gasteiger partial charge is 0.433 e. The first-order valence-corrected chi connectivity index (χ1v) is 7.51. The molecule has 1 N–H and O–H groups in total. The van der Waals surface area contributed by atoms with Crippen molar-refractivity contribution in [2.24, 2.45) is 0 Å². The fourth-order valence-electron chi connectivity index (χ4n) is 2.66. The zero-order valence-electron chi connectivity index (χ0n) is 12.5. The number of benzene rings is 1. The molecule has 3 aromatic heterocycles. The van der Waals surface area contributed by atoms with Crippen LogP contribution in [0.2, 0.25) is 5.02 Å². The van der Waals surface area contributed by atoms with Gasteiger partial charge >= 0.3 is 6.18 Å². The highest BCUT2D eigenvalue weighted by molar-refractivity contribution is 6.35. The molecule has 0 aliphatic heterocycles. The molecule has 5 nitrogen and oxygen atoms in total. The van der Waals surface area contributed by atoms with Crippen molar-refractivity contribution in [3.63, 3.8) is 0 Å². The van der Waals surface area contributed by atoms with E-state index in [1.807, 2.05) is 0 Å². The third-order valence-electron chi connectivity index (χ3n) is 3.76. The number of alkyl halides is 5. The monoisotopic (exact) mass is 387 g/mol. The Bertz CT molecular complexity index is 1130. The molecule has 4 aromatic rings. The highest BCUT2D eigenvalue weighted by Gasteiger charge is 2.33. The molecule has 134 valence electrons. The molecule has 3 heterocycles. The number of hydrogen-bond acceptors (Lipinski definition) is 3. The van der Waals surface area contributed by atoms with Gasteiger partial charge in [0.15, 0.2) is 11.5 Å². The van der Waals surface area contributed by atoms with Crippen molar-refractivity contribution in [3.05, 3.63) is 47.0 Å². The first-order valence-electron chi connectivity index (χ1n) is 7.13. The molecule has 0 unspecified atom stereocenters. The molecule has 0 aliphatic rings. The number of aromatic amines is 1. The molecular formula is C15H7ClF5N5. The number of H-pyrrole nitrogens is 1. The van der Waals surface area contributed by atoms with Gasteiger partial charge in [0.1, 0.15) is 11.2 Å². The van der Waals surface area contributed by atoms with Crippen LogP contribution >= 0.6 is 11.6 Å². The van der Waals surface area contributed by atoms with Crippen molar-refractivity contribution in [3.8, 4) is 5.69 Å². The number of hydrogen-bond donors (Lipinski definition) is 1. The fraction of sp³-hybridized carbons (Fsp3) is 0.133. The number of imidazole rings is 1. The highest BCUT2D eigenvalue weighted by Crippen LogP contribution is 2.33. The van der Waals surface area contributed by atoms with Crippen LogP contribution in [0.4, 0.5) is 22.0 Å². The third kappa shape index (κ3) is 2.57. The molecule has 0 radical (unpaired) electrons. The van der Waals surface area contributed by atoms with Crippen molar-refractivity contribution in [2.75, 3.05) is 0 Å². The molecule has 26 heavy (non-hydrogen) atoms. The van der Waals surface area contributed by atoms with Gasteiger partial charge in [0.05, 0.1) is 22.4 Å². The van der Waals surface area contributed by atoms with E-state index in [1.165, 1.54) is 18.3 Å². The molecule has 0 spiro atoms. The second kappa shape index (κ2) is 5.63. The maximum absolute atomic E-state index is 13.5. The lowest BCUT2D eigenvalue weighted by molar-refractivity contribution is -0.141. The molecule has 0 saturated heterocycles. The number of nitrogens with zero attached hydrogens (tertiary/aromatic N) is 4. The number of pyridine rings is 1. The Labute approximate surface area is 146 Å². The van der Waals surface area contributed by atoms with Crippen LogP contribution in [0.25, 0.3) is 27.8 Å². The van der Waals surface area contributed by atoms with Crippen LogP contribution in [0.1, 0.15) is 17.9 Å². The van der Waals surface area contributed by atoms with Crippen molar-refractivity contribution >= 4 is 33.7 Å². The predicted molar refractivity (Wildman–Crippen MR) is 83.5 cm³/mol. The van der Waals surface area contributed by atoms with Gasteiger partial charge in [-0.05, 0) is 24.3 Å². The Hall–Kier alpha value is -2.75. The maximum Gasteiger partial charge on any atom is 0.433 e. The summed E-state index contributed by atoms with van der Waals surface area (Å²) in [4.78, 5) is 7.22. The summed E-state index contributed by atoms with van der Waals surface area (Å²) in [5.74, 6) is -0.731. The maximum atomic E-state index is 13.5. The summed E-state index contributed by atoms with van der Waals surface area (Å²) in [6.45, 7) is 0. The molecule has 11 heteroatoms. The lowest BCUT2D eigenvalue weighted by atomic mass is 10.2. The second-order valence-corrected chi connectivity index (χ2v) is 5.81. The summed E-state index contributed by atoms with van der Waals surface area (Å²) in [5, 5.41) is 7.12. The smallest absolute Gasteiger partial charge is 0.276 e. The minimum Gasteiger partial charge on any atom is -0.276 e. The molecule has 0 saturated carbocycles. The molecule has 0 atom stereocenters. The van der Waals surface area contributed by atoms with E-state index < -0.39 is 24.1 Å². The van der Waals surface area contributed by atoms with E-state index in [4.69, 9.17) is 11.6 Å². The van der Waals surface area contributed by atoms with E-state index in [-0.39, 0.29) is 21.9 Å². The minimum atomic E-state index is -4.72. The molecule has 0 bridgehead atoms. The molecule has 4 rings (SSSR count). The molecular weight excluding hydrogens is 381 g/mol. The number of fused-ring (bicyclic) bond motifs is 2. The Kier molecular flexibility index (Phi) is 3.62.